The average Bonchev–Trinajstić information content (AvgIpc) is 2.74. The van der Waals surface area contributed by atoms with Gasteiger partial charge < -0.3 is 10.4 Å². The number of carboxylic acid groups (broad SMARTS) is 1. The van der Waals surface area contributed by atoms with Gasteiger partial charge in [-0.15, -0.1) is 0 Å². The van der Waals surface area contributed by atoms with Gasteiger partial charge in [-0.05, 0) is 18.4 Å². The molecule has 22 heavy (non-hydrogen) atoms. The minimum absolute atomic E-state index is 0.0726. The topological polar surface area (TPSA) is 84.2 Å². The van der Waals surface area contributed by atoms with E-state index < -0.39 is 12.0 Å². The first-order chi connectivity index (χ1) is 10.4. The van der Waals surface area contributed by atoms with Crippen LogP contribution in [-0.4, -0.2) is 32.8 Å². The van der Waals surface area contributed by atoms with E-state index in [4.69, 9.17) is 0 Å². The van der Waals surface area contributed by atoms with Gasteiger partial charge in [-0.25, -0.2) is 4.79 Å². The molecule has 6 nitrogen and oxygen atoms in total. The van der Waals surface area contributed by atoms with Crippen LogP contribution in [0, 0.1) is 5.92 Å². The summed E-state index contributed by atoms with van der Waals surface area (Å²) in [6.45, 7) is 3.85. The molecule has 0 aliphatic carbocycles. The van der Waals surface area contributed by atoms with E-state index in [1.54, 1.807) is 4.68 Å². The summed E-state index contributed by atoms with van der Waals surface area (Å²) in [6.07, 6.45) is 0.479. The van der Waals surface area contributed by atoms with E-state index in [2.05, 4.69) is 10.4 Å². The van der Waals surface area contributed by atoms with Crippen LogP contribution in [0.15, 0.2) is 24.3 Å². The Kier molecular flexibility index (Phi) is 4.80. The van der Waals surface area contributed by atoms with Gasteiger partial charge in [0.15, 0.2) is 0 Å². The van der Waals surface area contributed by atoms with E-state index in [9.17, 15) is 14.7 Å². The Morgan fingerprint density at radius 2 is 2.00 bits per heavy atom. The number of rotatable bonds is 6. The van der Waals surface area contributed by atoms with Crippen LogP contribution in [0.4, 0.5) is 0 Å². The van der Waals surface area contributed by atoms with Crippen molar-refractivity contribution in [3.63, 3.8) is 0 Å². The lowest BCUT2D eigenvalue weighted by atomic mass is 10.0. The van der Waals surface area contributed by atoms with Crippen molar-refractivity contribution in [2.75, 3.05) is 0 Å². The maximum atomic E-state index is 12.1. The van der Waals surface area contributed by atoms with Gasteiger partial charge in [0.05, 0.1) is 17.6 Å². The molecule has 0 radical (unpaired) electrons. The molecule has 6 heteroatoms. The first-order valence-corrected chi connectivity index (χ1v) is 7.31. The van der Waals surface area contributed by atoms with Crippen LogP contribution in [0.25, 0.3) is 10.9 Å². The maximum Gasteiger partial charge on any atom is 0.326 e. The third-order valence-corrected chi connectivity index (χ3v) is 3.50. The average molecular weight is 303 g/mol. The molecule has 0 spiro atoms. The predicted octanol–water partition coefficient (Wildman–Crippen LogP) is 1.73. The van der Waals surface area contributed by atoms with E-state index in [1.807, 2.05) is 45.2 Å². The van der Waals surface area contributed by atoms with Crippen molar-refractivity contribution in [2.45, 2.75) is 32.7 Å². The third-order valence-electron chi connectivity index (χ3n) is 3.50. The second-order valence-corrected chi connectivity index (χ2v) is 5.85. The Balaban J connectivity index is 2.12. The monoisotopic (exact) mass is 303 g/mol. The largest absolute Gasteiger partial charge is 0.480 e. The van der Waals surface area contributed by atoms with Gasteiger partial charge in [0.2, 0.25) is 5.91 Å². The molecule has 1 amide bonds. The summed E-state index contributed by atoms with van der Waals surface area (Å²) in [4.78, 5) is 23.3. The van der Waals surface area contributed by atoms with E-state index in [-0.39, 0.29) is 18.2 Å². The Hall–Kier alpha value is -2.37. The molecule has 1 atom stereocenters. The number of hydrogen-bond acceptors (Lipinski definition) is 3. The number of aliphatic carboxylic acids is 1. The van der Waals surface area contributed by atoms with E-state index >= 15 is 0 Å². The van der Waals surface area contributed by atoms with Crippen LogP contribution >= 0.6 is 0 Å². The lowest BCUT2D eigenvalue weighted by molar-refractivity contribution is -0.142. The Morgan fingerprint density at radius 1 is 1.32 bits per heavy atom. The quantitative estimate of drug-likeness (QED) is 0.851. The molecule has 1 heterocycles. The van der Waals surface area contributed by atoms with Crippen molar-refractivity contribution in [3.8, 4) is 0 Å². The smallest absolute Gasteiger partial charge is 0.326 e. The standard InChI is InChI=1S/C16H21N3O3/c1-10(2)8-13(16(21)22)17-15(20)9-12-11-6-4-5-7-14(11)19(3)18-12/h4-7,10,13H,8-9H2,1-3H3,(H,17,20)(H,21,22). The van der Waals surface area contributed by atoms with Crippen molar-refractivity contribution in [1.82, 2.24) is 15.1 Å². The summed E-state index contributed by atoms with van der Waals surface area (Å²) in [6, 6.07) is 6.79. The van der Waals surface area contributed by atoms with Crippen LogP contribution in [-0.2, 0) is 23.1 Å². The highest BCUT2D eigenvalue weighted by Gasteiger charge is 2.22. The van der Waals surface area contributed by atoms with Gasteiger partial charge in [0.25, 0.3) is 0 Å². The van der Waals surface area contributed by atoms with E-state index in [1.165, 1.54) is 0 Å². The van der Waals surface area contributed by atoms with Crippen LogP contribution in [0.1, 0.15) is 26.0 Å². The van der Waals surface area contributed by atoms with Crippen molar-refractivity contribution < 1.29 is 14.7 Å². The Labute approximate surface area is 129 Å². The van der Waals surface area contributed by atoms with Crippen molar-refractivity contribution >= 4 is 22.8 Å². The molecule has 0 bridgehead atoms. The molecule has 2 aromatic rings. The number of aromatic nitrogens is 2. The first kappa shape index (κ1) is 16.0. The number of carbonyl (C=O) groups excluding carboxylic acids is 1. The zero-order chi connectivity index (χ0) is 16.3. The summed E-state index contributed by atoms with van der Waals surface area (Å²) < 4.78 is 1.72. The Morgan fingerprint density at radius 3 is 2.64 bits per heavy atom. The normalized spacial score (nSPS) is 12.5. The van der Waals surface area contributed by atoms with Crippen LogP contribution < -0.4 is 5.32 Å². The van der Waals surface area contributed by atoms with Crippen LogP contribution in [0.2, 0.25) is 0 Å². The fourth-order valence-corrected chi connectivity index (χ4v) is 2.51. The van der Waals surface area contributed by atoms with Crippen molar-refractivity contribution in [1.29, 1.82) is 0 Å². The number of fused-ring (bicyclic) bond motifs is 1. The molecule has 2 N–H and O–H groups in total. The van der Waals surface area contributed by atoms with E-state index in [0.717, 1.165) is 10.9 Å². The molecular weight excluding hydrogens is 282 g/mol. The molecule has 0 aliphatic heterocycles. The number of aryl methyl sites for hydroxylation is 1. The number of nitrogens with one attached hydrogen (secondary N) is 1. The summed E-state index contributed by atoms with van der Waals surface area (Å²) in [5.74, 6) is -1.14. The Bertz CT molecular complexity index is 691. The highest BCUT2D eigenvalue weighted by atomic mass is 16.4. The number of hydrogen-bond donors (Lipinski definition) is 2. The van der Waals surface area contributed by atoms with Crippen molar-refractivity contribution in [3.05, 3.63) is 30.0 Å². The van der Waals surface area contributed by atoms with Gasteiger partial charge in [-0.1, -0.05) is 32.0 Å². The fourth-order valence-electron chi connectivity index (χ4n) is 2.51. The highest BCUT2D eigenvalue weighted by molar-refractivity contribution is 5.89. The molecule has 2 rings (SSSR count). The third kappa shape index (κ3) is 3.63. The minimum Gasteiger partial charge on any atom is -0.480 e. The molecule has 0 saturated carbocycles. The SMILES string of the molecule is CC(C)CC(NC(=O)Cc1nn(C)c2ccccc12)C(=O)O. The molecule has 0 aliphatic rings. The first-order valence-electron chi connectivity index (χ1n) is 7.31. The maximum absolute atomic E-state index is 12.1. The van der Waals surface area contributed by atoms with Gasteiger partial charge in [0.1, 0.15) is 6.04 Å². The van der Waals surface area contributed by atoms with E-state index in [0.29, 0.717) is 12.1 Å². The number of amides is 1. The molecule has 118 valence electrons. The van der Waals surface area contributed by atoms with Gasteiger partial charge in [0, 0.05) is 12.4 Å². The molecule has 0 fully saturated rings. The summed E-state index contributed by atoms with van der Waals surface area (Å²) in [5.41, 5.74) is 1.60. The number of carboxylic acids is 1. The second-order valence-electron chi connectivity index (χ2n) is 5.85. The van der Waals surface area contributed by atoms with Crippen LogP contribution in [0.5, 0.6) is 0 Å². The number of carbonyl (C=O) groups is 2. The molecule has 0 saturated heterocycles. The number of para-hydroxylation sites is 1. The molecule has 1 unspecified atom stereocenters. The number of nitrogens with zero attached hydrogens (tertiary/aromatic N) is 2. The highest BCUT2D eigenvalue weighted by Crippen LogP contribution is 2.17. The van der Waals surface area contributed by atoms with Crippen LogP contribution in [0.3, 0.4) is 0 Å². The molecule has 1 aromatic carbocycles. The fraction of sp³-hybridized carbons (Fsp3) is 0.438. The zero-order valence-corrected chi connectivity index (χ0v) is 13.0. The lowest BCUT2D eigenvalue weighted by Crippen LogP contribution is -2.42. The predicted molar refractivity (Wildman–Crippen MR) is 83.4 cm³/mol. The van der Waals surface area contributed by atoms with Crippen molar-refractivity contribution in [2.24, 2.45) is 13.0 Å². The number of benzene rings is 1. The second kappa shape index (κ2) is 6.60. The lowest BCUT2D eigenvalue weighted by Gasteiger charge is -2.16. The summed E-state index contributed by atoms with van der Waals surface area (Å²) in [7, 11) is 1.82. The zero-order valence-electron chi connectivity index (χ0n) is 13.0. The van der Waals surface area contributed by atoms with Gasteiger partial charge >= 0.3 is 5.97 Å². The van der Waals surface area contributed by atoms with Gasteiger partial charge in [-0.3, -0.25) is 9.48 Å². The minimum atomic E-state index is -1.01. The molecule has 1 aromatic heterocycles. The summed E-state index contributed by atoms with van der Waals surface area (Å²) in [5, 5.41) is 17.0. The molecular formula is C16H21N3O3. The summed E-state index contributed by atoms with van der Waals surface area (Å²) >= 11 is 0. The van der Waals surface area contributed by atoms with Gasteiger partial charge in [-0.2, -0.15) is 5.10 Å².